The number of hydrogen-bond acceptors (Lipinski definition) is 6. The lowest BCUT2D eigenvalue weighted by atomic mass is 10.0. The van der Waals surface area contributed by atoms with Crippen LogP contribution in [0, 0.1) is 11.6 Å². The van der Waals surface area contributed by atoms with Crippen molar-refractivity contribution in [2.24, 2.45) is 10.1 Å². The lowest BCUT2D eigenvalue weighted by Crippen LogP contribution is -2.57. The van der Waals surface area contributed by atoms with Crippen molar-refractivity contribution >= 4 is 18.1 Å². The summed E-state index contributed by atoms with van der Waals surface area (Å²) >= 11 is 0. The summed E-state index contributed by atoms with van der Waals surface area (Å²) in [4.78, 5) is 21.2. The predicted molar refractivity (Wildman–Crippen MR) is 115 cm³/mol. The van der Waals surface area contributed by atoms with Gasteiger partial charge in [-0.2, -0.15) is 5.10 Å². The average Bonchev–Trinajstić information content (AvgIpc) is 3.48. The zero-order valence-electron chi connectivity index (χ0n) is 17.8. The summed E-state index contributed by atoms with van der Waals surface area (Å²) in [5, 5.41) is 18.7. The lowest BCUT2D eigenvalue weighted by Gasteiger charge is -2.39. The first-order valence-electron chi connectivity index (χ1n) is 10.9. The van der Waals surface area contributed by atoms with E-state index < -0.39 is 29.4 Å². The number of likely N-dealkylation sites (tertiary alicyclic amines) is 2. The number of rotatable bonds is 2. The number of carbonyl (C=O) groups excluding carboxylic acids is 1. The Morgan fingerprint density at radius 1 is 1.28 bits per heavy atom. The summed E-state index contributed by atoms with van der Waals surface area (Å²) in [5.41, 5.74) is -0.558. The van der Waals surface area contributed by atoms with E-state index in [0.717, 1.165) is 18.6 Å². The number of amidine groups is 1. The van der Waals surface area contributed by atoms with Crippen molar-refractivity contribution in [3.8, 4) is 0 Å². The van der Waals surface area contributed by atoms with Gasteiger partial charge in [0.15, 0.2) is 5.66 Å². The number of halogens is 2. The number of hydrogen-bond donors (Lipinski definition) is 2. The third kappa shape index (κ3) is 3.52. The van der Waals surface area contributed by atoms with Crippen LogP contribution in [0.3, 0.4) is 0 Å². The minimum absolute atomic E-state index is 0.270. The molecule has 4 aliphatic heterocycles. The van der Waals surface area contributed by atoms with E-state index in [1.165, 1.54) is 6.07 Å². The fourth-order valence-corrected chi connectivity index (χ4v) is 4.87. The summed E-state index contributed by atoms with van der Waals surface area (Å²) in [7, 11) is 0. The van der Waals surface area contributed by atoms with Crippen molar-refractivity contribution < 1.29 is 18.7 Å². The van der Waals surface area contributed by atoms with Gasteiger partial charge in [0, 0.05) is 31.4 Å². The fourth-order valence-electron chi connectivity index (χ4n) is 4.87. The molecule has 4 aliphatic rings. The van der Waals surface area contributed by atoms with Gasteiger partial charge in [0.2, 0.25) is 0 Å². The van der Waals surface area contributed by atoms with E-state index in [9.17, 15) is 18.7 Å². The van der Waals surface area contributed by atoms with Crippen molar-refractivity contribution in [2.45, 2.75) is 50.0 Å². The van der Waals surface area contributed by atoms with Gasteiger partial charge >= 0.3 is 6.03 Å². The number of carbonyl (C=O) groups is 1. The standard InChI is InChI=1S/C22H26F2N6O2/c1-22-19(26-21(32)28-9-6-15(31)13-28)12-25-30(22)10-7-20(27-22)29-8-2-3-18(29)16-11-14(23)4-5-17(16)24/h4-5,7,10-12,15,18-19,31H,2-3,6,8-9,13H2,1H3,(H,26,32)/t15?,18-,19?,22?/m1/s1. The molecule has 10 heteroatoms. The highest BCUT2D eigenvalue weighted by molar-refractivity contribution is 5.95. The van der Waals surface area contributed by atoms with Crippen LogP contribution >= 0.6 is 0 Å². The number of fused-ring (bicyclic) bond motifs is 1. The summed E-state index contributed by atoms with van der Waals surface area (Å²) < 4.78 is 28.3. The Labute approximate surface area is 184 Å². The second-order valence-electron chi connectivity index (χ2n) is 8.82. The first-order valence-corrected chi connectivity index (χ1v) is 10.9. The van der Waals surface area contributed by atoms with Crippen LogP contribution in [0.1, 0.15) is 37.8 Å². The number of aliphatic hydroxyl groups excluding tert-OH is 1. The smallest absolute Gasteiger partial charge is 0.318 e. The summed E-state index contributed by atoms with van der Waals surface area (Å²) in [6, 6.07) is 2.47. The molecule has 0 radical (unpaired) electrons. The normalized spacial score (nSPS) is 31.3. The highest BCUT2D eigenvalue weighted by Gasteiger charge is 2.46. The van der Waals surface area contributed by atoms with Gasteiger partial charge in [-0.1, -0.05) is 0 Å². The van der Waals surface area contributed by atoms with Crippen LogP contribution < -0.4 is 5.32 Å². The number of urea groups is 1. The van der Waals surface area contributed by atoms with Gasteiger partial charge in [0.1, 0.15) is 23.5 Å². The highest BCUT2D eigenvalue weighted by Crippen LogP contribution is 2.37. The molecule has 8 nitrogen and oxygen atoms in total. The molecule has 170 valence electrons. The molecule has 0 aromatic heterocycles. The molecular weight excluding hydrogens is 418 g/mol. The zero-order valence-corrected chi connectivity index (χ0v) is 17.8. The van der Waals surface area contributed by atoms with Crippen molar-refractivity contribution in [3.63, 3.8) is 0 Å². The number of hydrazone groups is 1. The van der Waals surface area contributed by atoms with E-state index in [-0.39, 0.29) is 12.1 Å². The summed E-state index contributed by atoms with van der Waals surface area (Å²) in [5.74, 6) is -0.249. The molecule has 0 spiro atoms. The highest BCUT2D eigenvalue weighted by atomic mass is 19.1. The Morgan fingerprint density at radius 2 is 2.12 bits per heavy atom. The molecule has 0 aliphatic carbocycles. The van der Waals surface area contributed by atoms with Gasteiger partial charge in [-0.3, -0.25) is 0 Å². The third-order valence-corrected chi connectivity index (χ3v) is 6.69. The van der Waals surface area contributed by atoms with Crippen LogP contribution in [-0.2, 0) is 0 Å². The number of amides is 2. The van der Waals surface area contributed by atoms with E-state index in [1.807, 2.05) is 17.9 Å². The maximum Gasteiger partial charge on any atom is 0.318 e. The van der Waals surface area contributed by atoms with Crippen LogP contribution in [-0.4, -0.2) is 75.4 Å². The summed E-state index contributed by atoms with van der Waals surface area (Å²) in [6.07, 6.45) is 6.85. The SMILES string of the molecule is CC12N=C(N3CCC[C@@H]3c3cc(F)ccc3F)C=CN1N=CC2NC(=O)N1CCC(O)C1. The van der Waals surface area contributed by atoms with Gasteiger partial charge in [-0.05, 0) is 50.5 Å². The second kappa shape index (κ2) is 7.84. The lowest BCUT2D eigenvalue weighted by molar-refractivity contribution is 0.154. The molecule has 4 heterocycles. The Morgan fingerprint density at radius 3 is 2.91 bits per heavy atom. The molecule has 1 aromatic rings. The topological polar surface area (TPSA) is 83.8 Å². The monoisotopic (exact) mass is 444 g/mol. The van der Waals surface area contributed by atoms with Crippen LogP contribution in [0.25, 0.3) is 0 Å². The van der Waals surface area contributed by atoms with Crippen LogP contribution in [0.2, 0.25) is 0 Å². The second-order valence-corrected chi connectivity index (χ2v) is 8.82. The van der Waals surface area contributed by atoms with Gasteiger partial charge in [0.05, 0.1) is 18.4 Å². The van der Waals surface area contributed by atoms with Crippen LogP contribution in [0.15, 0.2) is 40.6 Å². The van der Waals surface area contributed by atoms with Crippen molar-refractivity contribution in [3.05, 3.63) is 47.7 Å². The van der Waals surface area contributed by atoms with E-state index in [4.69, 9.17) is 4.99 Å². The molecule has 0 bridgehead atoms. The maximum atomic E-state index is 14.5. The number of nitrogens with zero attached hydrogens (tertiary/aromatic N) is 5. The number of nitrogens with one attached hydrogen (secondary N) is 1. The van der Waals surface area contributed by atoms with E-state index in [0.29, 0.717) is 43.9 Å². The van der Waals surface area contributed by atoms with E-state index >= 15 is 0 Å². The van der Waals surface area contributed by atoms with Crippen LogP contribution in [0.4, 0.5) is 13.6 Å². The molecule has 1 aromatic carbocycles. The quantitative estimate of drug-likeness (QED) is 0.733. The maximum absolute atomic E-state index is 14.5. The molecule has 2 saturated heterocycles. The van der Waals surface area contributed by atoms with Gasteiger partial charge in [-0.15, -0.1) is 0 Å². The minimum Gasteiger partial charge on any atom is -0.391 e. The zero-order chi connectivity index (χ0) is 22.5. The average molecular weight is 444 g/mol. The third-order valence-electron chi connectivity index (χ3n) is 6.69. The first-order chi connectivity index (χ1) is 15.3. The molecular formula is C22H26F2N6O2. The molecule has 5 rings (SSSR count). The van der Waals surface area contributed by atoms with E-state index in [2.05, 4.69) is 10.4 Å². The van der Waals surface area contributed by atoms with Gasteiger partial charge in [-0.25, -0.2) is 23.6 Å². The van der Waals surface area contributed by atoms with Gasteiger partial charge < -0.3 is 20.2 Å². The molecule has 2 amide bonds. The molecule has 4 atom stereocenters. The largest absolute Gasteiger partial charge is 0.391 e. The minimum atomic E-state index is -0.883. The number of aliphatic hydroxyl groups is 1. The molecule has 3 unspecified atom stereocenters. The summed E-state index contributed by atoms with van der Waals surface area (Å²) in [6.45, 7) is 3.35. The Balaban J connectivity index is 1.38. The van der Waals surface area contributed by atoms with Crippen LogP contribution in [0.5, 0.6) is 0 Å². The Kier molecular flexibility index (Phi) is 5.11. The number of benzene rings is 1. The fraction of sp³-hybridized carbons (Fsp3) is 0.500. The van der Waals surface area contributed by atoms with Crippen molar-refractivity contribution in [2.75, 3.05) is 19.6 Å². The van der Waals surface area contributed by atoms with Crippen molar-refractivity contribution in [1.82, 2.24) is 20.1 Å². The first kappa shape index (κ1) is 20.9. The molecule has 0 saturated carbocycles. The molecule has 2 N–H and O–H groups in total. The molecule has 32 heavy (non-hydrogen) atoms. The predicted octanol–water partition coefficient (Wildman–Crippen LogP) is 2.19. The van der Waals surface area contributed by atoms with E-state index in [1.54, 1.807) is 22.3 Å². The molecule has 2 fully saturated rings. The number of aliphatic imine (C=N–C) groups is 1. The Hall–Kier alpha value is -3.01. The van der Waals surface area contributed by atoms with Crippen molar-refractivity contribution in [1.29, 1.82) is 0 Å². The Bertz CT molecular complexity index is 1010. The van der Waals surface area contributed by atoms with Gasteiger partial charge in [0.25, 0.3) is 0 Å². The number of β-amino-alcohol motifs (C(OH)–C–C–N with tert-alkyl or cyclic N) is 1.